The standard InChI is InChI=1S/C22H22N2O4/c1-2-21(25)28-15-5-3-4-14-27-20-12-8-18(9-13-20)22(26)24-19-10-6-17(16-23)7-11-19/h2,6-13H,1,3-5,14-15H2,(H,24,26). The van der Waals surface area contributed by atoms with Crippen LogP contribution in [0.5, 0.6) is 5.75 Å². The molecule has 0 bridgehead atoms. The molecule has 0 heterocycles. The summed E-state index contributed by atoms with van der Waals surface area (Å²) < 4.78 is 10.5. The molecular formula is C22H22N2O4. The van der Waals surface area contributed by atoms with Crippen LogP contribution in [0.3, 0.4) is 0 Å². The van der Waals surface area contributed by atoms with Crippen LogP contribution in [0.1, 0.15) is 35.2 Å². The summed E-state index contributed by atoms with van der Waals surface area (Å²) in [5.74, 6) is 0.0536. The molecule has 2 rings (SSSR count). The minimum absolute atomic E-state index is 0.231. The predicted molar refractivity (Wildman–Crippen MR) is 106 cm³/mol. The van der Waals surface area contributed by atoms with Gasteiger partial charge in [0.1, 0.15) is 5.75 Å². The topological polar surface area (TPSA) is 88.4 Å². The van der Waals surface area contributed by atoms with Crippen molar-refractivity contribution in [3.05, 3.63) is 72.3 Å². The number of esters is 1. The number of nitrogens with one attached hydrogen (secondary N) is 1. The molecule has 2 aromatic rings. The Kier molecular flexibility index (Phi) is 8.28. The van der Waals surface area contributed by atoms with Gasteiger partial charge in [-0.2, -0.15) is 5.26 Å². The molecule has 2 aromatic carbocycles. The van der Waals surface area contributed by atoms with Crippen molar-refractivity contribution < 1.29 is 19.1 Å². The van der Waals surface area contributed by atoms with Crippen LogP contribution in [0, 0.1) is 11.3 Å². The first-order chi connectivity index (χ1) is 13.6. The summed E-state index contributed by atoms with van der Waals surface area (Å²) in [5.41, 5.74) is 1.68. The van der Waals surface area contributed by atoms with E-state index in [-0.39, 0.29) is 5.91 Å². The number of nitriles is 1. The summed E-state index contributed by atoms with van der Waals surface area (Å²) in [7, 11) is 0. The Labute approximate surface area is 164 Å². The van der Waals surface area contributed by atoms with E-state index in [4.69, 9.17) is 14.7 Å². The van der Waals surface area contributed by atoms with Gasteiger partial charge in [-0.1, -0.05) is 6.58 Å². The number of carbonyl (C=O) groups is 2. The fourth-order valence-electron chi connectivity index (χ4n) is 2.34. The van der Waals surface area contributed by atoms with Gasteiger partial charge < -0.3 is 14.8 Å². The zero-order chi connectivity index (χ0) is 20.2. The Morgan fingerprint density at radius 2 is 1.68 bits per heavy atom. The van der Waals surface area contributed by atoms with Gasteiger partial charge in [-0.15, -0.1) is 0 Å². The molecule has 6 heteroatoms. The number of rotatable bonds is 10. The van der Waals surface area contributed by atoms with E-state index in [0.29, 0.717) is 35.8 Å². The van der Waals surface area contributed by atoms with Gasteiger partial charge in [-0.05, 0) is 67.8 Å². The van der Waals surface area contributed by atoms with Gasteiger partial charge in [0.25, 0.3) is 5.91 Å². The molecule has 0 spiro atoms. The van der Waals surface area contributed by atoms with E-state index in [2.05, 4.69) is 11.9 Å². The molecule has 0 aliphatic carbocycles. The highest BCUT2D eigenvalue weighted by atomic mass is 16.5. The average Bonchev–Trinajstić information content (AvgIpc) is 2.73. The fourth-order valence-corrected chi connectivity index (χ4v) is 2.34. The lowest BCUT2D eigenvalue weighted by molar-refractivity contribution is -0.137. The first-order valence-electron chi connectivity index (χ1n) is 8.96. The van der Waals surface area contributed by atoms with Gasteiger partial charge >= 0.3 is 5.97 Å². The van der Waals surface area contributed by atoms with Crippen molar-refractivity contribution in [2.75, 3.05) is 18.5 Å². The quantitative estimate of drug-likeness (QED) is 0.382. The normalized spacial score (nSPS) is 9.82. The van der Waals surface area contributed by atoms with Crippen molar-refractivity contribution in [3.8, 4) is 11.8 Å². The SMILES string of the molecule is C=CC(=O)OCCCCCOc1ccc(C(=O)Nc2ccc(C#N)cc2)cc1. The Balaban J connectivity index is 1.70. The highest BCUT2D eigenvalue weighted by Crippen LogP contribution is 2.15. The lowest BCUT2D eigenvalue weighted by Gasteiger charge is -2.08. The predicted octanol–water partition coefficient (Wildman–Crippen LogP) is 4.09. The largest absolute Gasteiger partial charge is 0.494 e. The number of amides is 1. The molecule has 144 valence electrons. The second-order valence-corrected chi connectivity index (χ2v) is 5.95. The Bertz CT molecular complexity index is 836. The molecule has 0 saturated heterocycles. The summed E-state index contributed by atoms with van der Waals surface area (Å²) in [5, 5.41) is 11.6. The molecule has 1 N–H and O–H groups in total. The molecule has 0 aromatic heterocycles. The molecule has 1 amide bonds. The van der Waals surface area contributed by atoms with Crippen LogP contribution in [0.4, 0.5) is 5.69 Å². The van der Waals surface area contributed by atoms with Crippen LogP contribution in [-0.4, -0.2) is 25.1 Å². The lowest BCUT2D eigenvalue weighted by Crippen LogP contribution is -2.11. The van der Waals surface area contributed by atoms with Crippen LogP contribution in [0.2, 0.25) is 0 Å². The Morgan fingerprint density at radius 3 is 2.32 bits per heavy atom. The number of hydrogen-bond acceptors (Lipinski definition) is 5. The first-order valence-corrected chi connectivity index (χ1v) is 8.96. The fraction of sp³-hybridized carbons (Fsp3) is 0.227. The molecule has 6 nitrogen and oxygen atoms in total. The molecule has 0 unspecified atom stereocenters. The van der Waals surface area contributed by atoms with Crippen molar-refractivity contribution in [1.82, 2.24) is 0 Å². The molecule has 0 saturated carbocycles. The highest BCUT2D eigenvalue weighted by Gasteiger charge is 2.06. The Morgan fingerprint density at radius 1 is 1.00 bits per heavy atom. The minimum atomic E-state index is -0.403. The minimum Gasteiger partial charge on any atom is -0.494 e. The van der Waals surface area contributed by atoms with E-state index >= 15 is 0 Å². The number of benzene rings is 2. The first kappa shape index (κ1) is 20.7. The van der Waals surface area contributed by atoms with Crippen molar-refractivity contribution in [1.29, 1.82) is 5.26 Å². The smallest absolute Gasteiger partial charge is 0.330 e. The van der Waals surface area contributed by atoms with Gasteiger partial charge in [-0.3, -0.25) is 4.79 Å². The average molecular weight is 378 g/mol. The van der Waals surface area contributed by atoms with E-state index in [0.717, 1.165) is 25.3 Å². The second kappa shape index (κ2) is 11.2. The van der Waals surface area contributed by atoms with Crippen molar-refractivity contribution in [2.24, 2.45) is 0 Å². The number of carbonyl (C=O) groups excluding carboxylic acids is 2. The molecular weight excluding hydrogens is 356 g/mol. The summed E-state index contributed by atoms with van der Waals surface area (Å²) in [6.07, 6.45) is 3.65. The van der Waals surface area contributed by atoms with Crippen LogP contribution in [0.15, 0.2) is 61.2 Å². The number of anilines is 1. The van der Waals surface area contributed by atoms with E-state index in [1.807, 2.05) is 6.07 Å². The maximum Gasteiger partial charge on any atom is 0.330 e. The van der Waals surface area contributed by atoms with Gasteiger partial charge in [0.2, 0.25) is 0 Å². The highest BCUT2D eigenvalue weighted by molar-refractivity contribution is 6.04. The summed E-state index contributed by atoms with van der Waals surface area (Å²) in [4.78, 5) is 23.1. The van der Waals surface area contributed by atoms with Gasteiger partial charge in [0, 0.05) is 17.3 Å². The van der Waals surface area contributed by atoms with Crippen LogP contribution < -0.4 is 10.1 Å². The maximum absolute atomic E-state index is 12.3. The Hall–Kier alpha value is -3.59. The third kappa shape index (κ3) is 6.96. The number of unbranched alkanes of at least 4 members (excludes halogenated alkanes) is 2. The molecule has 0 fully saturated rings. The molecule has 0 radical (unpaired) electrons. The number of nitrogens with zero attached hydrogens (tertiary/aromatic N) is 1. The monoisotopic (exact) mass is 378 g/mol. The summed E-state index contributed by atoms with van der Waals surface area (Å²) in [6.45, 7) is 4.27. The lowest BCUT2D eigenvalue weighted by atomic mass is 10.2. The maximum atomic E-state index is 12.3. The van der Waals surface area contributed by atoms with Crippen LogP contribution in [0.25, 0.3) is 0 Å². The molecule has 28 heavy (non-hydrogen) atoms. The van der Waals surface area contributed by atoms with Crippen molar-refractivity contribution in [2.45, 2.75) is 19.3 Å². The van der Waals surface area contributed by atoms with Gasteiger partial charge in [-0.25, -0.2) is 4.79 Å². The molecule has 0 aliphatic heterocycles. The van der Waals surface area contributed by atoms with E-state index < -0.39 is 5.97 Å². The van der Waals surface area contributed by atoms with Crippen LogP contribution in [-0.2, 0) is 9.53 Å². The zero-order valence-electron chi connectivity index (χ0n) is 15.5. The summed E-state index contributed by atoms with van der Waals surface area (Å²) in [6, 6.07) is 15.6. The van der Waals surface area contributed by atoms with Gasteiger partial charge in [0.05, 0.1) is 24.8 Å². The third-order valence-electron chi connectivity index (χ3n) is 3.86. The van der Waals surface area contributed by atoms with E-state index in [1.54, 1.807) is 48.5 Å². The van der Waals surface area contributed by atoms with Crippen LogP contribution >= 0.6 is 0 Å². The number of hydrogen-bond donors (Lipinski definition) is 1. The molecule has 0 atom stereocenters. The summed E-state index contributed by atoms with van der Waals surface area (Å²) >= 11 is 0. The van der Waals surface area contributed by atoms with Crippen molar-refractivity contribution in [3.63, 3.8) is 0 Å². The molecule has 0 aliphatic rings. The number of ether oxygens (including phenoxy) is 2. The van der Waals surface area contributed by atoms with Gasteiger partial charge in [0.15, 0.2) is 0 Å². The zero-order valence-corrected chi connectivity index (χ0v) is 15.5. The third-order valence-corrected chi connectivity index (χ3v) is 3.86. The van der Waals surface area contributed by atoms with Crippen molar-refractivity contribution >= 4 is 17.6 Å². The van der Waals surface area contributed by atoms with E-state index in [9.17, 15) is 9.59 Å². The van der Waals surface area contributed by atoms with E-state index in [1.165, 1.54) is 0 Å². The second-order valence-electron chi connectivity index (χ2n) is 5.95.